The maximum Gasteiger partial charge on any atom is 0.250 e. The summed E-state index contributed by atoms with van der Waals surface area (Å²) in [6.45, 7) is 1.02. The van der Waals surface area contributed by atoms with Crippen LogP contribution in [0.25, 0.3) is 10.2 Å². The first-order chi connectivity index (χ1) is 13.3. The third-order valence-electron chi connectivity index (χ3n) is 3.93. The van der Waals surface area contributed by atoms with E-state index in [-0.39, 0.29) is 12.5 Å². The molecule has 1 amide bonds. The third kappa shape index (κ3) is 4.58. The van der Waals surface area contributed by atoms with Crippen LogP contribution in [0.2, 0.25) is 0 Å². The molecule has 27 heavy (non-hydrogen) atoms. The molecule has 6 nitrogen and oxygen atoms in total. The van der Waals surface area contributed by atoms with Crippen molar-refractivity contribution in [3.63, 3.8) is 0 Å². The van der Waals surface area contributed by atoms with Crippen molar-refractivity contribution in [1.29, 1.82) is 0 Å². The van der Waals surface area contributed by atoms with Crippen LogP contribution in [0.4, 0.5) is 5.69 Å². The van der Waals surface area contributed by atoms with Crippen LogP contribution in [0.5, 0.6) is 0 Å². The molecule has 2 aromatic heterocycles. The number of carbonyl (C=O) groups excluding carboxylic acids is 1. The highest BCUT2D eigenvalue weighted by molar-refractivity contribution is 7.18. The molecule has 0 fully saturated rings. The quantitative estimate of drug-likeness (QED) is 0.532. The zero-order valence-electron chi connectivity index (χ0n) is 14.5. The lowest BCUT2D eigenvalue weighted by molar-refractivity contribution is -0.121. The molecule has 0 spiro atoms. The number of thiazole rings is 1. The minimum absolute atomic E-state index is 0.0122. The van der Waals surface area contributed by atoms with Crippen molar-refractivity contribution in [2.24, 2.45) is 0 Å². The first kappa shape index (κ1) is 17.4. The molecule has 0 bridgehead atoms. The molecule has 0 aliphatic heterocycles. The van der Waals surface area contributed by atoms with Gasteiger partial charge in [-0.3, -0.25) is 4.79 Å². The van der Waals surface area contributed by atoms with E-state index in [4.69, 9.17) is 4.74 Å². The summed E-state index contributed by atoms with van der Waals surface area (Å²) in [5.41, 5.74) is 2.79. The second-order valence-electron chi connectivity index (χ2n) is 6.05. The van der Waals surface area contributed by atoms with E-state index in [1.54, 1.807) is 23.9 Å². The lowest BCUT2D eigenvalue weighted by Crippen LogP contribution is -2.18. The molecule has 136 valence electrons. The van der Waals surface area contributed by atoms with Crippen LogP contribution >= 0.6 is 11.3 Å². The Labute approximate surface area is 160 Å². The number of imidazole rings is 1. The molecule has 0 atom stereocenters. The summed E-state index contributed by atoms with van der Waals surface area (Å²) < 4.78 is 8.62. The van der Waals surface area contributed by atoms with Gasteiger partial charge in [0.2, 0.25) is 5.91 Å². The van der Waals surface area contributed by atoms with Crippen molar-refractivity contribution < 1.29 is 9.53 Å². The van der Waals surface area contributed by atoms with Crippen molar-refractivity contribution in [3.05, 3.63) is 77.8 Å². The summed E-state index contributed by atoms with van der Waals surface area (Å²) in [6, 6.07) is 15.7. The minimum Gasteiger partial charge on any atom is -0.364 e. The topological polar surface area (TPSA) is 69.0 Å². The van der Waals surface area contributed by atoms with Crippen LogP contribution < -0.4 is 5.32 Å². The zero-order chi connectivity index (χ0) is 18.5. The lowest BCUT2D eigenvalue weighted by Gasteiger charge is -2.08. The normalized spacial score (nSPS) is 11.0. The summed E-state index contributed by atoms with van der Waals surface area (Å²) in [7, 11) is 0. The molecular weight excluding hydrogens is 360 g/mol. The average Bonchev–Trinajstić information content (AvgIpc) is 3.31. The molecule has 0 radical (unpaired) electrons. The van der Waals surface area contributed by atoms with E-state index in [1.165, 1.54) is 0 Å². The number of fused-ring (bicyclic) bond motifs is 1. The second kappa shape index (κ2) is 8.11. The second-order valence-corrected chi connectivity index (χ2v) is 7.17. The number of ether oxygens (including phenoxy) is 1. The number of benzene rings is 2. The summed E-state index contributed by atoms with van der Waals surface area (Å²) in [5.74, 6) is -0.184. The van der Waals surface area contributed by atoms with Crippen LogP contribution in [0.1, 0.15) is 10.6 Å². The fraction of sp³-hybridized carbons (Fsp3) is 0.150. The predicted octanol–water partition coefficient (Wildman–Crippen LogP) is 3.70. The summed E-state index contributed by atoms with van der Waals surface area (Å²) in [6.07, 6.45) is 5.41. The summed E-state index contributed by atoms with van der Waals surface area (Å²) in [5, 5.41) is 3.74. The van der Waals surface area contributed by atoms with E-state index in [9.17, 15) is 4.79 Å². The third-order valence-corrected chi connectivity index (χ3v) is 4.94. The van der Waals surface area contributed by atoms with E-state index < -0.39 is 0 Å². The van der Waals surface area contributed by atoms with E-state index in [0.717, 1.165) is 26.5 Å². The first-order valence-corrected chi connectivity index (χ1v) is 9.35. The Morgan fingerprint density at radius 3 is 2.96 bits per heavy atom. The van der Waals surface area contributed by atoms with Gasteiger partial charge in [0.15, 0.2) is 0 Å². The number of anilines is 1. The summed E-state index contributed by atoms with van der Waals surface area (Å²) in [4.78, 5) is 20.7. The van der Waals surface area contributed by atoms with Crippen LogP contribution in [0.15, 0.2) is 67.3 Å². The van der Waals surface area contributed by atoms with Gasteiger partial charge in [-0.1, -0.05) is 24.3 Å². The molecule has 1 N–H and O–H groups in total. The molecule has 4 aromatic rings. The van der Waals surface area contributed by atoms with Crippen LogP contribution in [0.3, 0.4) is 0 Å². The molecule has 4 rings (SSSR count). The van der Waals surface area contributed by atoms with Crippen molar-refractivity contribution in [3.8, 4) is 0 Å². The molecule has 7 heteroatoms. The molecular formula is C20H18N4O2S. The standard InChI is InChI=1S/C20H18N4O2S/c25-19(12-26-13-20-23-17-6-1-2-7-18(17)27-20)22-16-5-3-4-15(10-16)11-24-9-8-21-14-24/h1-10,14H,11-13H2,(H,22,25). The number of para-hydroxylation sites is 1. The number of carbonyl (C=O) groups is 1. The highest BCUT2D eigenvalue weighted by atomic mass is 32.1. The first-order valence-electron chi connectivity index (χ1n) is 8.53. The van der Waals surface area contributed by atoms with Gasteiger partial charge in [0.05, 0.1) is 23.2 Å². The monoisotopic (exact) mass is 378 g/mol. The Bertz CT molecular complexity index is 1010. The smallest absolute Gasteiger partial charge is 0.250 e. The van der Waals surface area contributed by atoms with E-state index >= 15 is 0 Å². The predicted molar refractivity (Wildman–Crippen MR) is 106 cm³/mol. The largest absolute Gasteiger partial charge is 0.364 e. The van der Waals surface area contributed by atoms with Gasteiger partial charge in [-0.2, -0.15) is 0 Å². The van der Waals surface area contributed by atoms with E-state index in [1.807, 2.05) is 59.3 Å². The van der Waals surface area contributed by atoms with Crippen molar-refractivity contribution in [2.75, 3.05) is 11.9 Å². The van der Waals surface area contributed by atoms with Crippen LogP contribution in [-0.2, 0) is 22.7 Å². The number of rotatable bonds is 7. The molecule has 0 aliphatic rings. The van der Waals surface area contributed by atoms with Gasteiger partial charge in [-0.25, -0.2) is 9.97 Å². The number of aromatic nitrogens is 3. The minimum atomic E-state index is -0.184. The highest BCUT2D eigenvalue weighted by Crippen LogP contribution is 2.22. The van der Waals surface area contributed by atoms with Crippen LogP contribution in [0, 0.1) is 0 Å². The molecule has 0 saturated heterocycles. The van der Waals surface area contributed by atoms with Gasteiger partial charge in [0.1, 0.15) is 11.6 Å². The maximum absolute atomic E-state index is 12.1. The Balaban J connectivity index is 1.29. The molecule has 2 heterocycles. The van der Waals surface area contributed by atoms with Crippen molar-refractivity contribution in [1.82, 2.24) is 14.5 Å². The number of hydrogen-bond donors (Lipinski definition) is 1. The fourth-order valence-electron chi connectivity index (χ4n) is 2.75. The summed E-state index contributed by atoms with van der Waals surface area (Å²) >= 11 is 1.58. The van der Waals surface area contributed by atoms with Gasteiger partial charge < -0.3 is 14.6 Å². The average molecular weight is 378 g/mol. The Morgan fingerprint density at radius 2 is 2.11 bits per heavy atom. The Hall–Kier alpha value is -3.03. The number of hydrogen-bond acceptors (Lipinski definition) is 5. The maximum atomic E-state index is 12.1. The number of nitrogens with zero attached hydrogens (tertiary/aromatic N) is 3. The number of nitrogens with one attached hydrogen (secondary N) is 1. The van der Waals surface area contributed by atoms with E-state index in [2.05, 4.69) is 15.3 Å². The Kier molecular flexibility index (Phi) is 5.22. The number of amides is 1. The van der Waals surface area contributed by atoms with Crippen molar-refractivity contribution >= 4 is 33.1 Å². The molecule has 2 aromatic carbocycles. The van der Waals surface area contributed by atoms with Gasteiger partial charge in [0, 0.05) is 24.6 Å². The Morgan fingerprint density at radius 1 is 1.19 bits per heavy atom. The molecule has 0 aliphatic carbocycles. The molecule has 0 unspecified atom stereocenters. The van der Waals surface area contributed by atoms with Crippen LogP contribution in [-0.4, -0.2) is 27.0 Å². The highest BCUT2D eigenvalue weighted by Gasteiger charge is 2.07. The van der Waals surface area contributed by atoms with Gasteiger partial charge >= 0.3 is 0 Å². The van der Waals surface area contributed by atoms with Gasteiger partial charge in [0.25, 0.3) is 0 Å². The van der Waals surface area contributed by atoms with Gasteiger partial charge in [-0.15, -0.1) is 11.3 Å². The van der Waals surface area contributed by atoms with Gasteiger partial charge in [-0.05, 0) is 29.8 Å². The zero-order valence-corrected chi connectivity index (χ0v) is 15.4. The SMILES string of the molecule is O=C(COCc1nc2ccccc2s1)Nc1cccc(Cn2ccnc2)c1. The fourth-order valence-corrected chi connectivity index (χ4v) is 3.65. The van der Waals surface area contributed by atoms with Crippen molar-refractivity contribution in [2.45, 2.75) is 13.2 Å². The lowest BCUT2D eigenvalue weighted by atomic mass is 10.2. The molecule has 0 saturated carbocycles. The van der Waals surface area contributed by atoms with E-state index in [0.29, 0.717) is 13.2 Å².